The van der Waals surface area contributed by atoms with Crippen LogP contribution in [0.25, 0.3) is 22.3 Å². The van der Waals surface area contributed by atoms with Crippen molar-refractivity contribution in [2.75, 3.05) is 0 Å². The molecule has 19 heavy (non-hydrogen) atoms. The van der Waals surface area contributed by atoms with Gasteiger partial charge in [-0.3, -0.25) is 0 Å². The minimum absolute atomic E-state index is 0.335. The summed E-state index contributed by atoms with van der Waals surface area (Å²) in [4.78, 5) is 8.65. The van der Waals surface area contributed by atoms with Gasteiger partial charge in [-0.1, -0.05) is 35.4 Å². The summed E-state index contributed by atoms with van der Waals surface area (Å²) in [6.45, 7) is 1.99. The molecule has 3 rings (SSSR count). The number of aryl methyl sites for hydroxylation is 1. The molecule has 4 heteroatoms. The maximum atomic E-state index is 13.3. The molecule has 0 atom stereocenters. The van der Waals surface area contributed by atoms with Gasteiger partial charge in [-0.05, 0) is 25.1 Å². The second-order valence-electron chi connectivity index (χ2n) is 4.37. The fourth-order valence-corrected chi connectivity index (χ4v) is 2.22. The van der Waals surface area contributed by atoms with Gasteiger partial charge in [-0.25, -0.2) is 14.4 Å². The third-order valence-corrected chi connectivity index (χ3v) is 3.18. The van der Waals surface area contributed by atoms with Gasteiger partial charge in [0.15, 0.2) is 5.82 Å². The summed E-state index contributed by atoms with van der Waals surface area (Å²) in [7, 11) is 0. The molecule has 0 radical (unpaired) electrons. The Hall–Kier alpha value is -2.00. The van der Waals surface area contributed by atoms with E-state index in [0.29, 0.717) is 21.9 Å². The van der Waals surface area contributed by atoms with Gasteiger partial charge in [0, 0.05) is 17.0 Å². The number of hydrogen-bond acceptors (Lipinski definition) is 2. The van der Waals surface area contributed by atoms with Crippen molar-refractivity contribution in [1.29, 1.82) is 0 Å². The predicted octanol–water partition coefficient (Wildman–Crippen LogP) is 4.40. The van der Waals surface area contributed by atoms with Crippen LogP contribution in [0.4, 0.5) is 4.39 Å². The topological polar surface area (TPSA) is 25.8 Å². The van der Waals surface area contributed by atoms with Crippen LogP contribution in [-0.4, -0.2) is 9.97 Å². The summed E-state index contributed by atoms with van der Waals surface area (Å²) in [6, 6.07) is 12.1. The van der Waals surface area contributed by atoms with Gasteiger partial charge in [0.2, 0.25) is 0 Å². The van der Waals surface area contributed by atoms with E-state index in [-0.39, 0.29) is 5.82 Å². The molecule has 2 nitrogen and oxygen atoms in total. The van der Waals surface area contributed by atoms with Crippen molar-refractivity contribution >= 4 is 22.5 Å². The van der Waals surface area contributed by atoms with E-state index in [2.05, 4.69) is 9.97 Å². The number of hydrogen-bond donors (Lipinski definition) is 0. The Morgan fingerprint density at radius 1 is 1.05 bits per heavy atom. The van der Waals surface area contributed by atoms with Crippen LogP contribution < -0.4 is 0 Å². The van der Waals surface area contributed by atoms with E-state index in [1.165, 1.54) is 12.1 Å². The monoisotopic (exact) mass is 272 g/mol. The fourth-order valence-electron chi connectivity index (χ4n) is 1.98. The molecule has 1 aromatic heterocycles. The lowest BCUT2D eigenvalue weighted by Crippen LogP contribution is -1.92. The molecule has 0 aliphatic carbocycles. The number of halogens is 2. The normalized spacial score (nSPS) is 10.9. The predicted molar refractivity (Wildman–Crippen MR) is 74.7 cm³/mol. The van der Waals surface area contributed by atoms with Crippen molar-refractivity contribution < 1.29 is 4.39 Å². The highest BCUT2D eigenvalue weighted by Crippen LogP contribution is 2.25. The molecule has 0 bridgehead atoms. The van der Waals surface area contributed by atoms with Gasteiger partial charge in [-0.2, -0.15) is 0 Å². The molecule has 2 aromatic carbocycles. The first-order chi connectivity index (χ1) is 9.13. The fraction of sp³-hybridized carbons (Fsp3) is 0.0667. The van der Waals surface area contributed by atoms with E-state index in [9.17, 15) is 4.39 Å². The molecule has 0 unspecified atom stereocenters. The Balaban J connectivity index is 2.25. The van der Waals surface area contributed by atoms with Crippen molar-refractivity contribution in [2.45, 2.75) is 6.92 Å². The van der Waals surface area contributed by atoms with Crippen LogP contribution in [0, 0.1) is 12.7 Å². The van der Waals surface area contributed by atoms with Gasteiger partial charge >= 0.3 is 0 Å². The van der Waals surface area contributed by atoms with E-state index < -0.39 is 0 Å². The first kappa shape index (κ1) is 12.1. The molecule has 0 fully saturated rings. The van der Waals surface area contributed by atoms with Gasteiger partial charge in [0.25, 0.3) is 0 Å². The largest absolute Gasteiger partial charge is 0.228 e. The second-order valence-corrected chi connectivity index (χ2v) is 4.73. The quantitative estimate of drug-likeness (QED) is 0.614. The van der Waals surface area contributed by atoms with Crippen LogP contribution >= 0.6 is 11.6 Å². The molecule has 0 N–H and O–H groups in total. The van der Waals surface area contributed by atoms with E-state index in [0.717, 1.165) is 11.1 Å². The minimum atomic E-state index is -0.336. The van der Waals surface area contributed by atoms with Crippen LogP contribution in [0.2, 0.25) is 5.15 Å². The van der Waals surface area contributed by atoms with Crippen LogP contribution in [0.3, 0.4) is 0 Å². The molecular formula is C15H10ClFN2. The molecule has 0 aliphatic rings. The van der Waals surface area contributed by atoms with Crippen LogP contribution in [-0.2, 0) is 0 Å². The van der Waals surface area contributed by atoms with Crippen molar-refractivity contribution in [1.82, 2.24) is 9.97 Å². The standard InChI is InChI=1S/C15H10ClFN2/c1-9-3-2-4-10(7-9)15-18-13-8-11(17)5-6-12(13)14(16)19-15/h2-8H,1H3. The van der Waals surface area contributed by atoms with E-state index in [1.807, 2.05) is 31.2 Å². The highest BCUT2D eigenvalue weighted by atomic mass is 35.5. The summed E-state index contributed by atoms with van der Waals surface area (Å²) in [6.07, 6.45) is 0. The first-order valence-electron chi connectivity index (χ1n) is 5.83. The Kier molecular flexibility index (Phi) is 2.91. The molecule has 0 saturated heterocycles. The highest BCUT2D eigenvalue weighted by Gasteiger charge is 2.08. The average Bonchev–Trinajstić information content (AvgIpc) is 2.38. The Morgan fingerprint density at radius 3 is 2.68 bits per heavy atom. The number of benzene rings is 2. The van der Waals surface area contributed by atoms with Crippen LogP contribution in [0.15, 0.2) is 42.5 Å². The molecule has 3 aromatic rings. The van der Waals surface area contributed by atoms with Gasteiger partial charge in [-0.15, -0.1) is 0 Å². The Bertz CT molecular complexity index is 771. The molecule has 0 amide bonds. The van der Waals surface area contributed by atoms with Crippen LogP contribution in [0.1, 0.15) is 5.56 Å². The van der Waals surface area contributed by atoms with E-state index in [4.69, 9.17) is 11.6 Å². The lowest BCUT2D eigenvalue weighted by molar-refractivity contribution is 0.629. The van der Waals surface area contributed by atoms with E-state index in [1.54, 1.807) is 6.07 Å². The molecule has 1 heterocycles. The Labute approximate surface area is 114 Å². The summed E-state index contributed by atoms with van der Waals surface area (Å²) in [5, 5.41) is 0.987. The smallest absolute Gasteiger partial charge is 0.161 e. The summed E-state index contributed by atoms with van der Waals surface area (Å²) >= 11 is 6.13. The first-order valence-corrected chi connectivity index (χ1v) is 6.21. The summed E-state index contributed by atoms with van der Waals surface area (Å²) in [5.74, 6) is 0.171. The van der Waals surface area contributed by atoms with Crippen molar-refractivity contribution in [3.05, 3.63) is 59.0 Å². The third-order valence-electron chi connectivity index (χ3n) is 2.89. The number of rotatable bonds is 1. The average molecular weight is 273 g/mol. The lowest BCUT2D eigenvalue weighted by Gasteiger charge is -2.05. The van der Waals surface area contributed by atoms with Gasteiger partial charge in [0.05, 0.1) is 5.52 Å². The molecule has 0 spiro atoms. The maximum absolute atomic E-state index is 13.3. The molecular weight excluding hydrogens is 263 g/mol. The van der Waals surface area contributed by atoms with E-state index >= 15 is 0 Å². The summed E-state index contributed by atoms with van der Waals surface area (Å²) in [5.41, 5.74) is 2.49. The number of fused-ring (bicyclic) bond motifs is 1. The lowest BCUT2D eigenvalue weighted by atomic mass is 10.1. The number of aromatic nitrogens is 2. The van der Waals surface area contributed by atoms with Crippen molar-refractivity contribution in [2.24, 2.45) is 0 Å². The molecule has 94 valence electrons. The Morgan fingerprint density at radius 2 is 1.89 bits per heavy atom. The third kappa shape index (κ3) is 2.29. The van der Waals surface area contributed by atoms with Crippen molar-refractivity contribution in [3.8, 4) is 11.4 Å². The van der Waals surface area contributed by atoms with Crippen molar-refractivity contribution in [3.63, 3.8) is 0 Å². The molecule has 0 saturated carbocycles. The zero-order chi connectivity index (χ0) is 13.4. The van der Waals surface area contributed by atoms with Gasteiger partial charge in [0.1, 0.15) is 11.0 Å². The van der Waals surface area contributed by atoms with Gasteiger partial charge < -0.3 is 0 Å². The number of nitrogens with zero attached hydrogens (tertiary/aromatic N) is 2. The zero-order valence-electron chi connectivity index (χ0n) is 10.2. The maximum Gasteiger partial charge on any atom is 0.161 e. The SMILES string of the molecule is Cc1cccc(-c2nc(Cl)c3ccc(F)cc3n2)c1. The minimum Gasteiger partial charge on any atom is -0.228 e. The van der Waals surface area contributed by atoms with Crippen LogP contribution in [0.5, 0.6) is 0 Å². The molecule has 0 aliphatic heterocycles. The highest BCUT2D eigenvalue weighted by molar-refractivity contribution is 6.34. The zero-order valence-corrected chi connectivity index (χ0v) is 10.9. The second kappa shape index (κ2) is 4.59. The summed E-state index contributed by atoms with van der Waals surface area (Å²) < 4.78 is 13.3.